The largest absolute Gasteiger partial charge is 0.397 e. The van der Waals surface area contributed by atoms with E-state index in [-0.39, 0.29) is 18.1 Å². The Morgan fingerprint density at radius 1 is 0.545 bits per heavy atom. The van der Waals surface area contributed by atoms with Crippen molar-refractivity contribution in [3.05, 3.63) is 0 Å². The third-order valence-corrected chi connectivity index (χ3v) is 9.29. The number of carbonyl (C=O) groups is 2. The third kappa shape index (κ3) is 29.9. The Labute approximate surface area is 273 Å². The van der Waals surface area contributed by atoms with Crippen LogP contribution >= 0.6 is 0 Å². The Morgan fingerprint density at radius 3 is 0.932 bits per heavy atom. The highest BCUT2D eigenvalue weighted by molar-refractivity contribution is 7.80. The van der Waals surface area contributed by atoms with Gasteiger partial charge in [-0.3, -0.25) is 18.3 Å². The number of carbonyl (C=O) groups excluding carboxylic acids is 2. The monoisotopic (exact) mass is 648 g/mol. The van der Waals surface area contributed by atoms with Crippen LogP contribution in [0.15, 0.2) is 0 Å². The van der Waals surface area contributed by atoms with Gasteiger partial charge in [0.15, 0.2) is 0 Å². The van der Waals surface area contributed by atoms with Crippen LogP contribution in [0.1, 0.15) is 201 Å². The van der Waals surface area contributed by atoms with E-state index in [1.165, 1.54) is 141 Å². The summed E-state index contributed by atoms with van der Waals surface area (Å²) < 4.78 is 29.7. The van der Waals surface area contributed by atoms with E-state index in [0.29, 0.717) is 12.8 Å². The molecule has 0 unspecified atom stereocenters. The Hall–Kier alpha value is -0.830. The molecule has 0 saturated heterocycles. The van der Waals surface area contributed by atoms with E-state index in [9.17, 15) is 18.0 Å². The highest BCUT2D eigenvalue weighted by Gasteiger charge is 2.37. The zero-order valence-corrected chi connectivity index (χ0v) is 30.3. The zero-order chi connectivity index (χ0) is 33.4. The van der Waals surface area contributed by atoms with Gasteiger partial charge in [-0.1, -0.05) is 168 Å². The van der Waals surface area contributed by atoms with Crippen molar-refractivity contribution in [3.8, 4) is 0 Å². The van der Waals surface area contributed by atoms with E-state index in [4.69, 9.17) is 10.3 Å². The minimum atomic E-state index is -4.16. The number of hydrogen-bond acceptors (Lipinski definition) is 6. The van der Waals surface area contributed by atoms with Gasteiger partial charge >= 0.3 is 10.4 Å². The minimum absolute atomic E-state index is 0.0720. The molecular formula is C36H73NO6S. The fourth-order valence-corrected chi connectivity index (χ4v) is 5.54. The Balaban J connectivity index is 0. The van der Waals surface area contributed by atoms with Gasteiger partial charge in [0.1, 0.15) is 11.6 Å². The average molecular weight is 648 g/mol. The molecule has 0 atom stereocenters. The standard InChI is InChI=1S/C35H69NO2.CH4O4S/c1-4-6-8-10-12-14-16-18-20-22-24-26-28-30-33(37)35(3,32-36)34(38)31-29-27-25-23-21-19-17-15-13-11-9-7-5-2;1-5-6(2,3)4/h4-32,36H2,1-3H3;1H3,(H,2,3,4). The molecule has 44 heavy (non-hydrogen) atoms. The molecular weight excluding hydrogens is 574 g/mol. The van der Waals surface area contributed by atoms with Crippen molar-refractivity contribution in [3.63, 3.8) is 0 Å². The molecule has 0 heterocycles. The smallest absolute Gasteiger partial charge is 0.329 e. The van der Waals surface area contributed by atoms with Crippen molar-refractivity contribution < 1.29 is 26.7 Å². The van der Waals surface area contributed by atoms with Crippen molar-refractivity contribution in [1.29, 1.82) is 0 Å². The van der Waals surface area contributed by atoms with Gasteiger partial charge in [-0.25, -0.2) is 0 Å². The molecule has 3 N–H and O–H groups in total. The summed E-state index contributed by atoms with van der Waals surface area (Å²) in [5.41, 5.74) is 4.99. The highest BCUT2D eigenvalue weighted by atomic mass is 32.3. The molecule has 0 saturated carbocycles. The molecule has 0 aliphatic heterocycles. The molecule has 0 fully saturated rings. The summed E-state index contributed by atoms with van der Waals surface area (Å²) in [7, 11) is -3.29. The first-order valence-corrected chi connectivity index (χ1v) is 19.7. The summed E-state index contributed by atoms with van der Waals surface area (Å²) in [4.78, 5) is 25.7. The number of ketones is 2. The Kier molecular flexibility index (Phi) is 33.1. The number of hydrogen-bond donors (Lipinski definition) is 2. The van der Waals surface area contributed by atoms with Gasteiger partial charge < -0.3 is 5.73 Å². The lowest BCUT2D eigenvalue weighted by molar-refractivity contribution is -0.139. The van der Waals surface area contributed by atoms with Crippen molar-refractivity contribution >= 4 is 22.0 Å². The van der Waals surface area contributed by atoms with E-state index >= 15 is 0 Å². The molecule has 8 heteroatoms. The van der Waals surface area contributed by atoms with E-state index in [0.717, 1.165) is 32.8 Å². The Morgan fingerprint density at radius 2 is 0.750 bits per heavy atom. The van der Waals surface area contributed by atoms with Crippen molar-refractivity contribution in [1.82, 2.24) is 0 Å². The van der Waals surface area contributed by atoms with Crippen LogP contribution in [0.3, 0.4) is 0 Å². The first-order valence-electron chi connectivity index (χ1n) is 18.4. The topological polar surface area (TPSA) is 124 Å². The van der Waals surface area contributed by atoms with Crippen LogP contribution in [0.2, 0.25) is 0 Å². The first kappa shape index (κ1) is 45.3. The maximum Gasteiger partial charge on any atom is 0.397 e. The second kappa shape index (κ2) is 32.1. The lowest BCUT2D eigenvalue weighted by Crippen LogP contribution is -2.43. The number of rotatable bonds is 32. The SMILES string of the molecule is CCCCCCCCCCCCCCCC(=O)C(C)(CN)C(=O)CCCCCCCCCCCCCCC.COS(=O)(=O)O. The molecule has 0 aliphatic carbocycles. The fourth-order valence-electron chi connectivity index (χ4n) is 5.54. The summed E-state index contributed by atoms with van der Waals surface area (Å²) in [5.74, 6) is 0.144. The van der Waals surface area contributed by atoms with Gasteiger partial charge in [-0.15, -0.1) is 0 Å². The van der Waals surface area contributed by atoms with Gasteiger partial charge in [0.2, 0.25) is 0 Å². The van der Waals surface area contributed by atoms with Gasteiger partial charge in [0, 0.05) is 19.4 Å². The van der Waals surface area contributed by atoms with E-state index in [1.807, 2.05) is 0 Å². The highest BCUT2D eigenvalue weighted by Crippen LogP contribution is 2.25. The molecule has 0 aromatic carbocycles. The van der Waals surface area contributed by atoms with Crippen molar-refractivity contribution in [2.45, 2.75) is 201 Å². The molecule has 0 aromatic rings. The van der Waals surface area contributed by atoms with Crippen LogP contribution in [-0.2, 0) is 24.2 Å². The lowest BCUT2D eigenvalue weighted by Gasteiger charge is -2.25. The average Bonchev–Trinajstić information content (AvgIpc) is 3.01. The van der Waals surface area contributed by atoms with Crippen LogP contribution in [0.25, 0.3) is 0 Å². The van der Waals surface area contributed by atoms with Gasteiger partial charge in [0.05, 0.1) is 12.5 Å². The Bertz CT molecular complexity index is 714. The number of Topliss-reactive ketones (excluding diaryl/α,β-unsaturated/α-hetero) is 2. The van der Waals surface area contributed by atoms with Gasteiger partial charge in [-0.05, 0) is 19.8 Å². The third-order valence-electron chi connectivity index (χ3n) is 8.86. The molecule has 0 aliphatic rings. The fraction of sp³-hybridized carbons (Fsp3) is 0.944. The van der Waals surface area contributed by atoms with Crippen molar-refractivity contribution in [2.75, 3.05) is 13.7 Å². The zero-order valence-electron chi connectivity index (χ0n) is 29.5. The second-order valence-electron chi connectivity index (χ2n) is 13.0. The lowest BCUT2D eigenvalue weighted by atomic mass is 9.77. The predicted molar refractivity (Wildman–Crippen MR) is 186 cm³/mol. The van der Waals surface area contributed by atoms with E-state index < -0.39 is 15.8 Å². The summed E-state index contributed by atoms with van der Waals surface area (Å²) in [5, 5.41) is 0. The van der Waals surface area contributed by atoms with Gasteiger partial charge in [0.25, 0.3) is 0 Å². The second-order valence-corrected chi connectivity index (χ2v) is 14.2. The van der Waals surface area contributed by atoms with E-state index in [1.54, 1.807) is 6.92 Å². The summed E-state index contributed by atoms with van der Waals surface area (Å²) in [6.07, 6.45) is 34.7. The van der Waals surface area contributed by atoms with Crippen LogP contribution in [-0.4, -0.2) is 38.2 Å². The molecule has 0 spiro atoms. The predicted octanol–water partition coefficient (Wildman–Crippen LogP) is 10.5. The molecule has 0 bridgehead atoms. The molecule has 7 nitrogen and oxygen atoms in total. The summed E-state index contributed by atoms with van der Waals surface area (Å²) in [6.45, 7) is 6.49. The normalized spacial score (nSPS) is 11.8. The van der Waals surface area contributed by atoms with Crippen LogP contribution in [0, 0.1) is 5.41 Å². The van der Waals surface area contributed by atoms with Gasteiger partial charge in [-0.2, -0.15) is 8.42 Å². The minimum Gasteiger partial charge on any atom is -0.329 e. The van der Waals surface area contributed by atoms with Crippen LogP contribution < -0.4 is 5.73 Å². The number of unbranched alkanes of at least 4 members (excludes halogenated alkanes) is 24. The molecule has 0 rings (SSSR count). The maximum absolute atomic E-state index is 12.9. The first-order chi connectivity index (χ1) is 21.1. The molecule has 264 valence electrons. The van der Waals surface area contributed by atoms with Crippen LogP contribution in [0.4, 0.5) is 0 Å². The molecule has 0 aromatic heterocycles. The maximum atomic E-state index is 12.9. The quantitative estimate of drug-likeness (QED) is 0.0423. The molecule has 0 amide bonds. The van der Waals surface area contributed by atoms with Crippen LogP contribution in [0.5, 0.6) is 0 Å². The summed E-state index contributed by atoms with van der Waals surface area (Å²) >= 11 is 0. The summed E-state index contributed by atoms with van der Waals surface area (Å²) in [6, 6.07) is 0. The number of nitrogens with two attached hydrogens (primary N) is 1. The van der Waals surface area contributed by atoms with E-state index in [2.05, 4.69) is 18.0 Å². The van der Waals surface area contributed by atoms with Crippen molar-refractivity contribution in [2.24, 2.45) is 11.1 Å². The molecule has 0 radical (unpaired) electrons.